The van der Waals surface area contributed by atoms with Crippen molar-refractivity contribution in [3.8, 4) is 6.07 Å². The number of pyridine rings is 1. The normalized spacial score (nSPS) is 10.5. The van der Waals surface area contributed by atoms with E-state index < -0.39 is 0 Å². The third kappa shape index (κ3) is 4.19. The Morgan fingerprint density at radius 3 is 2.20 bits per heavy atom. The van der Waals surface area contributed by atoms with E-state index in [-0.39, 0.29) is 11.7 Å². The maximum Gasteiger partial charge on any atom is 0.241 e. The topological polar surface area (TPSA) is 57.0 Å². The predicted molar refractivity (Wildman–Crippen MR) is 122 cm³/mol. The fourth-order valence-electron chi connectivity index (χ4n) is 3.25. The number of carbonyl (C=O) groups is 1. The van der Waals surface area contributed by atoms with Crippen LogP contribution in [0.3, 0.4) is 0 Å². The summed E-state index contributed by atoms with van der Waals surface area (Å²) in [5.41, 5.74) is 4.02. The molecule has 0 aliphatic carbocycles. The number of fused-ring (bicyclic) bond motifs is 1. The quantitative estimate of drug-likeness (QED) is 0.387. The molecule has 4 rings (SSSR count). The molecule has 0 aliphatic heterocycles. The number of nitrogens with zero attached hydrogens (tertiary/aromatic N) is 3. The van der Waals surface area contributed by atoms with Gasteiger partial charge in [0, 0.05) is 16.8 Å². The van der Waals surface area contributed by atoms with E-state index in [1.54, 1.807) is 4.90 Å². The van der Waals surface area contributed by atoms with Gasteiger partial charge >= 0.3 is 0 Å². The molecule has 0 N–H and O–H groups in total. The fraction of sp³-hybridized carbons (Fsp3) is 0.0800. The lowest BCUT2D eigenvalue weighted by Crippen LogP contribution is -2.27. The molecule has 1 heterocycles. The molecule has 0 atom stereocenters. The van der Waals surface area contributed by atoms with Crippen molar-refractivity contribution < 1.29 is 4.79 Å². The first-order valence-corrected chi connectivity index (χ1v) is 10.5. The van der Waals surface area contributed by atoms with E-state index in [1.165, 1.54) is 11.8 Å². The minimum absolute atomic E-state index is 0.0768. The number of rotatable bonds is 5. The Kier molecular flexibility index (Phi) is 5.78. The van der Waals surface area contributed by atoms with Gasteiger partial charge in [-0.1, -0.05) is 59.8 Å². The minimum Gasteiger partial charge on any atom is -0.280 e. The molecule has 4 aromatic rings. The van der Waals surface area contributed by atoms with E-state index >= 15 is 0 Å². The number of nitriles is 1. The van der Waals surface area contributed by atoms with Crippen LogP contribution < -0.4 is 4.90 Å². The van der Waals surface area contributed by atoms with Crippen molar-refractivity contribution in [3.63, 3.8) is 0 Å². The van der Waals surface area contributed by atoms with Gasteiger partial charge < -0.3 is 0 Å². The number of benzene rings is 3. The summed E-state index contributed by atoms with van der Waals surface area (Å²) < 4.78 is 0. The first kappa shape index (κ1) is 19.7. The number of aromatic nitrogens is 1. The van der Waals surface area contributed by atoms with Crippen LogP contribution in [0.25, 0.3) is 10.9 Å². The molecule has 0 bridgehead atoms. The van der Waals surface area contributed by atoms with E-state index in [0.717, 1.165) is 27.8 Å². The Labute approximate surface area is 179 Å². The molecule has 146 valence electrons. The summed E-state index contributed by atoms with van der Waals surface area (Å²) in [6, 6.07) is 29.1. The Morgan fingerprint density at radius 1 is 0.967 bits per heavy atom. The van der Waals surface area contributed by atoms with Gasteiger partial charge in [-0.3, -0.25) is 9.69 Å². The SMILES string of the molecule is Cc1ccc2nc(SCC(=O)N(c3ccccc3)c3ccccc3)c(C#N)cc2c1. The van der Waals surface area contributed by atoms with Gasteiger partial charge in [-0.2, -0.15) is 5.26 Å². The van der Waals surface area contributed by atoms with Crippen molar-refractivity contribution in [1.29, 1.82) is 5.26 Å². The van der Waals surface area contributed by atoms with Crippen molar-refractivity contribution >= 4 is 39.9 Å². The van der Waals surface area contributed by atoms with E-state index in [0.29, 0.717) is 10.6 Å². The summed E-state index contributed by atoms with van der Waals surface area (Å²) >= 11 is 1.29. The highest BCUT2D eigenvalue weighted by molar-refractivity contribution is 8.00. The summed E-state index contributed by atoms with van der Waals surface area (Å²) in [5.74, 6) is 0.0927. The van der Waals surface area contributed by atoms with Gasteiger partial charge in [-0.05, 0) is 49.4 Å². The Balaban J connectivity index is 1.62. The molecule has 1 amide bonds. The predicted octanol–water partition coefficient (Wildman–Crippen LogP) is 5.87. The van der Waals surface area contributed by atoms with Gasteiger partial charge in [0.25, 0.3) is 0 Å². The third-order valence-electron chi connectivity index (χ3n) is 4.67. The summed E-state index contributed by atoms with van der Waals surface area (Å²) in [6.45, 7) is 2.01. The Bertz CT molecular complexity index is 1190. The maximum atomic E-state index is 13.2. The highest BCUT2D eigenvalue weighted by atomic mass is 32.2. The molecule has 5 heteroatoms. The average Bonchev–Trinajstić information content (AvgIpc) is 2.78. The second-order valence-corrected chi connectivity index (χ2v) is 7.80. The molecule has 0 saturated carbocycles. The van der Waals surface area contributed by atoms with Crippen LogP contribution in [0.2, 0.25) is 0 Å². The molecule has 0 fully saturated rings. The maximum absolute atomic E-state index is 13.2. The number of para-hydroxylation sites is 2. The average molecular weight is 410 g/mol. The molecule has 0 radical (unpaired) electrons. The minimum atomic E-state index is -0.0768. The Hall–Kier alpha value is -3.62. The second-order valence-electron chi connectivity index (χ2n) is 6.84. The summed E-state index contributed by atoms with van der Waals surface area (Å²) in [5, 5.41) is 11.1. The van der Waals surface area contributed by atoms with E-state index in [9.17, 15) is 10.1 Å². The fourth-order valence-corrected chi connectivity index (χ4v) is 4.07. The number of anilines is 2. The van der Waals surface area contributed by atoms with E-state index in [1.807, 2.05) is 91.9 Å². The molecular weight excluding hydrogens is 390 g/mol. The van der Waals surface area contributed by atoms with Gasteiger partial charge in [0.05, 0.1) is 16.8 Å². The van der Waals surface area contributed by atoms with Crippen LogP contribution in [0.15, 0.2) is 90.0 Å². The van der Waals surface area contributed by atoms with Crippen LogP contribution in [0, 0.1) is 18.3 Å². The van der Waals surface area contributed by atoms with Crippen LogP contribution >= 0.6 is 11.8 Å². The molecule has 0 unspecified atom stereocenters. The van der Waals surface area contributed by atoms with Crippen LogP contribution in [-0.4, -0.2) is 16.6 Å². The summed E-state index contributed by atoms with van der Waals surface area (Å²) in [4.78, 5) is 19.6. The molecule has 3 aromatic carbocycles. The van der Waals surface area contributed by atoms with E-state index in [4.69, 9.17) is 0 Å². The monoisotopic (exact) mass is 409 g/mol. The molecule has 0 aliphatic rings. The molecule has 1 aromatic heterocycles. The number of hydrogen-bond acceptors (Lipinski definition) is 4. The second kappa shape index (κ2) is 8.81. The summed E-state index contributed by atoms with van der Waals surface area (Å²) in [6.07, 6.45) is 0. The smallest absolute Gasteiger partial charge is 0.241 e. The lowest BCUT2D eigenvalue weighted by atomic mass is 10.1. The molecule has 0 saturated heterocycles. The molecule has 30 heavy (non-hydrogen) atoms. The van der Waals surface area contributed by atoms with Crippen molar-refractivity contribution in [3.05, 3.63) is 96.1 Å². The largest absolute Gasteiger partial charge is 0.280 e. The van der Waals surface area contributed by atoms with Gasteiger partial charge in [0.15, 0.2) is 0 Å². The van der Waals surface area contributed by atoms with Gasteiger partial charge in [0.2, 0.25) is 5.91 Å². The van der Waals surface area contributed by atoms with Crippen molar-refractivity contribution in [2.24, 2.45) is 0 Å². The van der Waals surface area contributed by atoms with Crippen LogP contribution in [0.5, 0.6) is 0 Å². The third-order valence-corrected chi connectivity index (χ3v) is 5.64. The number of aryl methyl sites for hydroxylation is 1. The lowest BCUT2D eigenvalue weighted by Gasteiger charge is -2.23. The number of amides is 1. The van der Waals surface area contributed by atoms with Crippen molar-refractivity contribution in [1.82, 2.24) is 4.98 Å². The molecular formula is C25H19N3OS. The van der Waals surface area contributed by atoms with Crippen LogP contribution in [0.1, 0.15) is 11.1 Å². The lowest BCUT2D eigenvalue weighted by molar-refractivity contribution is -0.115. The van der Waals surface area contributed by atoms with E-state index in [2.05, 4.69) is 11.1 Å². The van der Waals surface area contributed by atoms with Crippen molar-refractivity contribution in [2.45, 2.75) is 11.9 Å². The number of thioether (sulfide) groups is 1. The van der Waals surface area contributed by atoms with Crippen LogP contribution in [0.4, 0.5) is 11.4 Å². The number of hydrogen-bond donors (Lipinski definition) is 0. The summed E-state index contributed by atoms with van der Waals surface area (Å²) in [7, 11) is 0. The zero-order valence-corrected chi connectivity index (χ0v) is 17.3. The zero-order chi connectivity index (χ0) is 20.9. The molecule has 0 spiro atoms. The van der Waals surface area contributed by atoms with Gasteiger partial charge in [0.1, 0.15) is 11.1 Å². The first-order chi connectivity index (χ1) is 14.7. The highest BCUT2D eigenvalue weighted by Crippen LogP contribution is 2.29. The van der Waals surface area contributed by atoms with Gasteiger partial charge in [-0.15, -0.1) is 0 Å². The van der Waals surface area contributed by atoms with Crippen molar-refractivity contribution in [2.75, 3.05) is 10.7 Å². The standard InChI is InChI=1S/C25H19N3OS/c1-18-12-13-23-19(14-18)15-20(16-26)25(27-23)30-17-24(29)28(21-8-4-2-5-9-21)22-10-6-3-7-11-22/h2-15H,17H2,1H3. The molecule has 4 nitrogen and oxygen atoms in total. The first-order valence-electron chi connectivity index (χ1n) is 9.53. The van der Waals surface area contributed by atoms with Gasteiger partial charge in [-0.25, -0.2) is 4.98 Å². The highest BCUT2D eigenvalue weighted by Gasteiger charge is 2.19. The zero-order valence-electron chi connectivity index (χ0n) is 16.4. The van der Waals surface area contributed by atoms with Crippen LogP contribution in [-0.2, 0) is 4.79 Å². The Morgan fingerprint density at radius 2 is 1.60 bits per heavy atom. The number of carbonyl (C=O) groups excluding carboxylic acids is 1.